The lowest BCUT2D eigenvalue weighted by Gasteiger charge is -2.25. The summed E-state index contributed by atoms with van der Waals surface area (Å²) in [4.78, 5) is 3.31. The molecule has 0 saturated heterocycles. The summed E-state index contributed by atoms with van der Waals surface area (Å²) in [7, 11) is 0. The van der Waals surface area contributed by atoms with E-state index in [-0.39, 0.29) is 5.54 Å². The van der Waals surface area contributed by atoms with Gasteiger partial charge in [0.15, 0.2) is 4.77 Å². The van der Waals surface area contributed by atoms with Gasteiger partial charge in [0.05, 0.1) is 11.0 Å². The molecule has 0 aliphatic carbocycles. The second-order valence-electron chi connectivity index (χ2n) is 4.90. The summed E-state index contributed by atoms with van der Waals surface area (Å²) in [6, 6.07) is 6.32. The number of fused-ring (bicyclic) bond motifs is 1. The van der Waals surface area contributed by atoms with Crippen LogP contribution < -0.4 is 0 Å². The summed E-state index contributed by atoms with van der Waals surface area (Å²) in [5, 5.41) is 0. The molecule has 0 radical (unpaired) electrons. The molecule has 0 fully saturated rings. The van der Waals surface area contributed by atoms with Crippen molar-refractivity contribution >= 4 is 23.3 Å². The molecule has 16 heavy (non-hydrogen) atoms. The first kappa shape index (κ1) is 11.4. The topological polar surface area (TPSA) is 20.7 Å². The molecule has 0 amide bonds. The highest BCUT2D eigenvalue weighted by Crippen LogP contribution is 2.27. The lowest BCUT2D eigenvalue weighted by molar-refractivity contribution is 0.348. The van der Waals surface area contributed by atoms with Crippen molar-refractivity contribution in [3.63, 3.8) is 0 Å². The van der Waals surface area contributed by atoms with Gasteiger partial charge in [0.25, 0.3) is 0 Å². The smallest absolute Gasteiger partial charge is 0.178 e. The van der Waals surface area contributed by atoms with Gasteiger partial charge in [0.1, 0.15) is 0 Å². The van der Waals surface area contributed by atoms with Gasteiger partial charge in [-0.3, -0.25) is 0 Å². The fourth-order valence-electron chi connectivity index (χ4n) is 2.03. The van der Waals surface area contributed by atoms with E-state index in [0.717, 1.165) is 16.7 Å². The van der Waals surface area contributed by atoms with Crippen LogP contribution in [0.2, 0.25) is 0 Å². The van der Waals surface area contributed by atoms with Gasteiger partial charge in [-0.05, 0) is 51.0 Å². The van der Waals surface area contributed by atoms with Gasteiger partial charge < -0.3 is 9.55 Å². The van der Waals surface area contributed by atoms with Gasteiger partial charge in [-0.1, -0.05) is 19.1 Å². The van der Waals surface area contributed by atoms with E-state index < -0.39 is 0 Å². The summed E-state index contributed by atoms with van der Waals surface area (Å²) < 4.78 is 3.04. The Balaban J connectivity index is 2.85. The first-order chi connectivity index (χ1) is 7.47. The Morgan fingerprint density at radius 2 is 2.06 bits per heavy atom. The summed E-state index contributed by atoms with van der Waals surface area (Å²) in [5.74, 6) is 0. The predicted octanol–water partition coefficient (Wildman–Crippen LogP) is 4.15. The van der Waals surface area contributed by atoms with Gasteiger partial charge in [-0.2, -0.15) is 0 Å². The molecule has 0 aliphatic heterocycles. The van der Waals surface area contributed by atoms with E-state index >= 15 is 0 Å². The van der Waals surface area contributed by atoms with Crippen LogP contribution in [0, 0.1) is 11.7 Å². The van der Waals surface area contributed by atoms with Crippen molar-refractivity contribution in [2.75, 3.05) is 0 Å². The average Bonchev–Trinajstić information content (AvgIpc) is 2.57. The second kappa shape index (κ2) is 3.74. The highest BCUT2D eigenvalue weighted by Gasteiger charge is 2.21. The molecule has 2 aromatic rings. The maximum Gasteiger partial charge on any atom is 0.178 e. The number of imidazole rings is 1. The largest absolute Gasteiger partial charge is 0.330 e. The third-order valence-electron chi connectivity index (χ3n) is 3.40. The van der Waals surface area contributed by atoms with E-state index in [1.54, 1.807) is 0 Å². The van der Waals surface area contributed by atoms with Crippen LogP contribution >= 0.6 is 12.2 Å². The summed E-state index contributed by atoms with van der Waals surface area (Å²) >= 11 is 5.43. The van der Waals surface area contributed by atoms with Crippen LogP contribution in [0.25, 0.3) is 11.0 Å². The van der Waals surface area contributed by atoms with Gasteiger partial charge in [-0.15, -0.1) is 0 Å². The minimum absolute atomic E-state index is 0.0587. The van der Waals surface area contributed by atoms with Gasteiger partial charge in [0.2, 0.25) is 0 Å². The number of rotatable bonds is 2. The third kappa shape index (κ3) is 1.59. The number of hydrogen-bond donors (Lipinski definition) is 1. The van der Waals surface area contributed by atoms with Gasteiger partial charge >= 0.3 is 0 Å². The number of nitrogens with zero attached hydrogens (tertiary/aromatic N) is 1. The monoisotopic (exact) mass is 234 g/mol. The van der Waals surface area contributed by atoms with Crippen LogP contribution in [-0.2, 0) is 5.54 Å². The minimum Gasteiger partial charge on any atom is -0.330 e. The number of aryl methyl sites for hydroxylation is 1. The predicted molar refractivity (Wildman–Crippen MR) is 71.5 cm³/mol. The summed E-state index contributed by atoms with van der Waals surface area (Å²) in [5.41, 5.74) is 3.67. The summed E-state index contributed by atoms with van der Waals surface area (Å²) in [6.45, 7) is 8.74. The van der Waals surface area contributed by atoms with Gasteiger partial charge in [-0.25, -0.2) is 0 Å². The van der Waals surface area contributed by atoms with Crippen molar-refractivity contribution < 1.29 is 0 Å². The van der Waals surface area contributed by atoms with E-state index in [1.807, 2.05) is 0 Å². The van der Waals surface area contributed by atoms with Gasteiger partial charge in [0, 0.05) is 5.54 Å². The second-order valence-corrected chi connectivity index (χ2v) is 5.29. The van der Waals surface area contributed by atoms with Crippen molar-refractivity contribution in [1.82, 2.24) is 9.55 Å². The number of aromatic nitrogens is 2. The molecule has 3 heteroatoms. The molecule has 1 aromatic carbocycles. The number of aromatic amines is 1. The SMILES string of the molecule is CCC(C)(C)n1c(=S)[nH]c2c(C)cccc21. The van der Waals surface area contributed by atoms with Crippen molar-refractivity contribution in [3.05, 3.63) is 28.5 Å². The zero-order valence-corrected chi connectivity index (χ0v) is 11.1. The van der Waals surface area contributed by atoms with Crippen LogP contribution in [-0.4, -0.2) is 9.55 Å². The standard InChI is InChI=1S/C13H18N2S/c1-5-13(3,4)15-10-8-6-7-9(2)11(10)14-12(15)16/h6-8H,5H2,1-4H3,(H,14,16). The number of para-hydroxylation sites is 1. The average molecular weight is 234 g/mol. The van der Waals surface area contributed by atoms with Crippen molar-refractivity contribution in [3.8, 4) is 0 Å². The maximum absolute atomic E-state index is 5.43. The number of hydrogen-bond acceptors (Lipinski definition) is 1. The van der Waals surface area contributed by atoms with Crippen LogP contribution in [0.15, 0.2) is 18.2 Å². The molecule has 2 nitrogen and oxygen atoms in total. The van der Waals surface area contributed by atoms with Crippen LogP contribution in [0.3, 0.4) is 0 Å². The van der Waals surface area contributed by atoms with Crippen molar-refractivity contribution in [2.24, 2.45) is 0 Å². The lowest BCUT2D eigenvalue weighted by Crippen LogP contribution is -2.25. The molecule has 0 atom stereocenters. The first-order valence-corrected chi connectivity index (χ1v) is 6.09. The van der Waals surface area contributed by atoms with Crippen LogP contribution in [0.1, 0.15) is 32.8 Å². The molecular weight excluding hydrogens is 216 g/mol. The molecule has 0 bridgehead atoms. The normalized spacial score (nSPS) is 12.2. The zero-order chi connectivity index (χ0) is 11.9. The van der Waals surface area contributed by atoms with Crippen LogP contribution in [0.4, 0.5) is 0 Å². The molecule has 1 N–H and O–H groups in total. The van der Waals surface area contributed by atoms with E-state index in [4.69, 9.17) is 12.2 Å². The number of nitrogens with one attached hydrogen (secondary N) is 1. The minimum atomic E-state index is 0.0587. The molecule has 1 heterocycles. The van der Waals surface area contributed by atoms with E-state index in [1.165, 1.54) is 11.1 Å². The molecule has 0 saturated carbocycles. The molecule has 0 aliphatic rings. The van der Waals surface area contributed by atoms with Crippen molar-refractivity contribution in [2.45, 2.75) is 39.7 Å². The third-order valence-corrected chi connectivity index (χ3v) is 3.68. The summed E-state index contributed by atoms with van der Waals surface area (Å²) in [6.07, 6.45) is 1.06. The molecule has 0 unspecified atom stereocenters. The quantitative estimate of drug-likeness (QED) is 0.774. The molecule has 0 spiro atoms. The molecule has 2 rings (SSSR count). The lowest BCUT2D eigenvalue weighted by atomic mass is 10.0. The fourth-order valence-corrected chi connectivity index (χ4v) is 2.48. The Morgan fingerprint density at radius 3 is 2.69 bits per heavy atom. The number of benzene rings is 1. The van der Waals surface area contributed by atoms with E-state index in [0.29, 0.717) is 0 Å². The Kier molecular flexibility index (Phi) is 2.66. The fraction of sp³-hybridized carbons (Fsp3) is 0.462. The Hall–Kier alpha value is -1.09. The molecule has 1 aromatic heterocycles. The Bertz CT molecular complexity index is 575. The number of H-pyrrole nitrogens is 1. The van der Waals surface area contributed by atoms with E-state index in [2.05, 4.69) is 55.4 Å². The van der Waals surface area contributed by atoms with Crippen molar-refractivity contribution in [1.29, 1.82) is 0 Å². The Labute approximate surface area is 101 Å². The molecular formula is C13H18N2S. The Morgan fingerprint density at radius 1 is 1.38 bits per heavy atom. The zero-order valence-electron chi connectivity index (χ0n) is 10.3. The highest BCUT2D eigenvalue weighted by atomic mass is 32.1. The first-order valence-electron chi connectivity index (χ1n) is 5.68. The van der Waals surface area contributed by atoms with Crippen LogP contribution in [0.5, 0.6) is 0 Å². The highest BCUT2D eigenvalue weighted by molar-refractivity contribution is 7.71. The maximum atomic E-state index is 5.43. The van der Waals surface area contributed by atoms with E-state index in [9.17, 15) is 0 Å². The molecule has 86 valence electrons.